The van der Waals surface area contributed by atoms with Crippen molar-refractivity contribution in [2.45, 2.75) is 36.9 Å². The lowest BCUT2D eigenvalue weighted by Gasteiger charge is -2.49. The summed E-state index contributed by atoms with van der Waals surface area (Å²) < 4.78 is 16.4. The Morgan fingerprint density at radius 2 is 2.04 bits per heavy atom. The molecule has 3 rings (SSSR count). The van der Waals surface area contributed by atoms with Crippen molar-refractivity contribution in [2.75, 3.05) is 40.5 Å². The van der Waals surface area contributed by atoms with Gasteiger partial charge in [0.15, 0.2) is 0 Å². The van der Waals surface area contributed by atoms with Gasteiger partial charge in [0.1, 0.15) is 5.75 Å². The number of benzene rings is 1. The third kappa shape index (κ3) is 3.97. The molecular weight excluding hydrogens is 322 g/mol. The first-order chi connectivity index (χ1) is 12.0. The van der Waals surface area contributed by atoms with E-state index in [9.17, 15) is 9.90 Å². The molecule has 1 spiro atoms. The molecule has 2 saturated heterocycles. The number of nitrogens with zero attached hydrogens (tertiary/aromatic N) is 1. The van der Waals surface area contributed by atoms with Crippen LogP contribution in [0.1, 0.15) is 36.0 Å². The second-order valence-electron chi connectivity index (χ2n) is 7.14. The van der Waals surface area contributed by atoms with Crippen molar-refractivity contribution in [2.24, 2.45) is 0 Å². The Kier molecular flexibility index (Phi) is 5.32. The Morgan fingerprint density at radius 3 is 2.72 bits per heavy atom. The van der Waals surface area contributed by atoms with Crippen molar-refractivity contribution in [3.63, 3.8) is 0 Å². The van der Waals surface area contributed by atoms with E-state index in [1.165, 1.54) is 0 Å². The Bertz CT molecular complexity index is 608. The molecule has 1 unspecified atom stereocenters. The summed E-state index contributed by atoms with van der Waals surface area (Å²) in [6, 6.07) is 7.23. The molecule has 1 aromatic rings. The topological polar surface area (TPSA) is 68.2 Å². The maximum atomic E-state index is 12.7. The molecule has 1 atom stereocenters. The van der Waals surface area contributed by atoms with Crippen molar-refractivity contribution >= 4 is 5.91 Å². The van der Waals surface area contributed by atoms with Crippen molar-refractivity contribution in [3.8, 4) is 5.75 Å². The minimum Gasteiger partial charge on any atom is -0.497 e. The summed E-state index contributed by atoms with van der Waals surface area (Å²) in [5.41, 5.74) is -0.543. The van der Waals surface area contributed by atoms with Crippen molar-refractivity contribution < 1.29 is 24.1 Å². The molecule has 1 N–H and O–H groups in total. The van der Waals surface area contributed by atoms with Crippen LogP contribution in [0.25, 0.3) is 0 Å². The van der Waals surface area contributed by atoms with Crippen LogP contribution in [0.2, 0.25) is 0 Å². The second kappa shape index (κ2) is 7.32. The van der Waals surface area contributed by atoms with E-state index in [2.05, 4.69) is 0 Å². The number of rotatable bonds is 4. The fraction of sp³-hybridized carbons (Fsp3) is 0.632. The van der Waals surface area contributed by atoms with Gasteiger partial charge >= 0.3 is 0 Å². The van der Waals surface area contributed by atoms with Crippen LogP contribution in [-0.2, 0) is 9.47 Å². The SMILES string of the molecule is COCC1(O)CCOC2(CCN(C(=O)c3cccc(OC)c3)CC2)C1. The van der Waals surface area contributed by atoms with Gasteiger partial charge in [0.25, 0.3) is 5.91 Å². The first kappa shape index (κ1) is 18.2. The fourth-order valence-corrected chi connectivity index (χ4v) is 3.97. The molecule has 0 bridgehead atoms. The number of hydrogen-bond acceptors (Lipinski definition) is 5. The van der Waals surface area contributed by atoms with Gasteiger partial charge in [-0.05, 0) is 31.0 Å². The highest BCUT2D eigenvalue weighted by atomic mass is 16.5. The highest BCUT2D eigenvalue weighted by molar-refractivity contribution is 5.94. The molecule has 0 aliphatic carbocycles. The zero-order valence-electron chi connectivity index (χ0n) is 15.0. The number of carbonyl (C=O) groups is 1. The van der Waals surface area contributed by atoms with Gasteiger partial charge in [0.2, 0.25) is 0 Å². The molecule has 2 aliphatic heterocycles. The molecule has 2 fully saturated rings. The predicted molar refractivity (Wildman–Crippen MR) is 92.9 cm³/mol. The first-order valence-electron chi connectivity index (χ1n) is 8.78. The van der Waals surface area contributed by atoms with Gasteiger partial charge in [-0.25, -0.2) is 0 Å². The summed E-state index contributed by atoms with van der Waals surface area (Å²) in [6.45, 7) is 2.10. The van der Waals surface area contributed by atoms with Gasteiger partial charge in [0.05, 0.1) is 31.5 Å². The average molecular weight is 349 g/mol. The van der Waals surface area contributed by atoms with Gasteiger partial charge in [-0.15, -0.1) is 0 Å². The summed E-state index contributed by atoms with van der Waals surface area (Å²) in [4.78, 5) is 14.6. The smallest absolute Gasteiger partial charge is 0.253 e. The lowest BCUT2D eigenvalue weighted by atomic mass is 9.77. The van der Waals surface area contributed by atoms with Crippen LogP contribution in [0, 0.1) is 0 Å². The average Bonchev–Trinajstić information content (AvgIpc) is 2.62. The molecule has 2 heterocycles. The van der Waals surface area contributed by atoms with Crippen molar-refractivity contribution in [1.82, 2.24) is 4.90 Å². The van der Waals surface area contributed by atoms with E-state index >= 15 is 0 Å². The molecule has 0 radical (unpaired) electrons. The normalized spacial score (nSPS) is 25.8. The molecule has 6 heteroatoms. The Hall–Kier alpha value is -1.63. The summed E-state index contributed by atoms with van der Waals surface area (Å²) in [7, 11) is 3.20. The minimum atomic E-state index is -0.827. The maximum absolute atomic E-state index is 12.7. The summed E-state index contributed by atoms with van der Waals surface area (Å²) in [5.74, 6) is 0.691. The fourth-order valence-electron chi connectivity index (χ4n) is 3.97. The van der Waals surface area contributed by atoms with Crippen molar-refractivity contribution in [1.29, 1.82) is 0 Å². The van der Waals surface area contributed by atoms with Gasteiger partial charge in [-0.3, -0.25) is 4.79 Å². The molecular formula is C19H27NO5. The summed E-state index contributed by atoms with van der Waals surface area (Å²) in [5, 5.41) is 10.7. The third-order valence-corrected chi connectivity index (χ3v) is 5.32. The van der Waals surface area contributed by atoms with E-state index in [4.69, 9.17) is 14.2 Å². The second-order valence-corrected chi connectivity index (χ2v) is 7.14. The largest absolute Gasteiger partial charge is 0.497 e. The summed E-state index contributed by atoms with van der Waals surface area (Å²) in [6.07, 6.45) is 2.62. The number of methoxy groups -OCH3 is 2. The monoisotopic (exact) mass is 349 g/mol. The van der Waals surface area contributed by atoms with Gasteiger partial charge in [-0.2, -0.15) is 0 Å². The number of aliphatic hydroxyl groups is 1. The van der Waals surface area contributed by atoms with Gasteiger partial charge in [0, 0.05) is 38.6 Å². The molecule has 1 aromatic carbocycles. The van der Waals surface area contributed by atoms with Crippen LogP contribution in [0.15, 0.2) is 24.3 Å². The molecule has 0 saturated carbocycles. The van der Waals surface area contributed by atoms with Gasteiger partial charge in [-0.1, -0.05) is 6.07 Å². The van der Waals surface area contributed by atoms with Crippen LogP contribution in [0.4, 0.5) is 0 Å². The lowest BCUT2D eigenvalue weighted by molar-refractivity contribution is -0.189. The highest BCUT2D eigenvalue weighted by Gasteiger charge is 2.47. The van der Waals surface area contributed by atoms with E-state index in [-0.39, 0.29) is 11.5 Å². The molecule has 2 aliphatic rings. The van der Waals surface area contributed by atoms with Crippen LogP contribution in [0.3, 0.4) is 0 Å². The number of carbonyl (C=O) groups excluding carboxylic acids is 1. The van der Waals surface area contributed by atoms with Gasteiger partial charge < -0.3 is 24.2 Å². The number of amides is 1. The summed E-state index contributed by atoms with van der Waals surface area (Å²) >= 11 is 0. The standard InChI is InChI=1S/C19H27NO5/c1-23-14-18(22)8-11-25-19(13-18)6-9-20(10-7-19)17(21)15-4-3-5-16(12-15)24-2/h3-5,12,22H,6-11,13-14H2,1-2H3. The molecule has 6 nitrogen and oxygen atoms in total. The van der Waals surface area contributed by atoms with Crippen LogP contribution in [0.5, 0.6) is 5.75 Å². The van der Waals surface area contributed by atoms with Crippen LogP contribution in [-0.4, -0.2) is 67.6 Å². The molecule has 0 aromatic heterocycles. The van der Waals surface area contributed by atoms with E-state index < -0.39 is 5.60 Å². The van der Waals surface area contributed by atoms with E-state index in [1.54, 1.807) is 20.3 Å². The Labute approximate surface area is 148 Å². The number of hydrogen-bond donors (Lipinski definition) is 1. The molecule has 138 valence electrons. The lowest BCUT2D eigenvalue weighted by Crippen LogP contribution is -2.56. The van der Waals surface area contributed by atoms with Crippen LogP contribution < -0.4 is 4.74 Å². The van der Waals surface area contributed by atoms with Crippen molar-refractivity contribution in [3.05, 3.63) is 29.8 Å². The molecule has 25 heavy (non-hydrogen) atoms. The van der Waals surface area contributed by atoms with E-state index in [0.29, 0.717) is 50.5 Å². The predicted octanol–water partition coefficient (Wildman–Crippen LogP) is 1.86. The third-order valence-electron chi connectivity index (χ3n) is 5.32. The van der Waals surface area contributed by atoms with E-state index in [0.717, 1.165) is 12.8 Å². The van der Waals surface area contributed by atoms with Crippen LogP contribution >= 0.6 is 0 Å². The zero-order valence-corrected chi connectivity index (χ0v) is 15.0. The highest BCUT2D eigenvalue weighted by Crippen LogP contribution is 2.40. The van der Waals surface area contributed by atoms with E-state index in [1.807, 2.05) is 23.1 Å². The Balaban J connectivity index is 1.64. The number of likely N-dealkylation sites (tertiary alicyclic amines) is 1. The maximum Gasteiger partial charge on any atom is 0.253 e. The Morgan fingerprint density at radius 1 is 1.28 bits per heavy atom. The quantitative estimate of drug-likeness (QED) is 0.899. The number of piperidine rings is 1. The minimum absolute atomic E-state index is 0.0108. The first-order valence-corrected chi connectivity index (χ1v) is 8.78. The number of ether oxygens (including phenoxy) is 3. The zero-order chi connectivity index (χ0) is 17.9. The molecule has 1 amide bonds.